The fourth-order valence-electron chi connectivity index (χ4n) is 4.21. The predicted octanol–water partition coefficient (Wildman–Crippen LogP) is 2.75. The second-order valence-corrected chi connectivity index (χ2v) is 8.13. The molecular formula is C22H32N4O3. The molecule has 0 bridgehead atoms. The topological polar surface area (TPSA) is 82.6 Å². The van der Waals surface area contributed by atoms with Gasteiger partial charge in [-0.05, 0) is 37.8 Å². The molecule has 1 saturated carbocycles. The number of urea groups is 1. The SMILES string of the molecule is CN(CCc1ccccn1)C(=O)CCCCCN1C(=O)NC2CCCCC2C1=O. The molecule has 3 rings (SSSR count). The molecule has 0 spiro atoms. The number of carbonyl (C=O) groups excluding carboxylic acids is 3. The Morgan fingerprint density at radius 1 is 1.21 bits per heavy atom. The van der Waals surface area contributed by atoms with Gasteiger partial charge in [0.25, 0.3) is 0 Å². The molecule has 1 aliphatic carbocycles. The highest BCUT2D eigenvalue weighted by atomic mass is 16.2. The van der Waals surface area contributed by atoms with E-state index in [0.29, 0.717) is 19.5 Å². The first-order valence-electron chi connectivity index (χ1n) is 10.8. The lowest BCUT2D eigenvalue weighted by atomic mass is 9.82. The standard InChI is InChI=1S/C22H32N4O3/c1-25(16-13-17-9-6-7-14-23-17)20(27)12-3-2-8-15-26-21(28)18-10-4-5-11-19(18)24-22(26)29/h6-7,9,14,18-19H,2-5,8,10-13,15-16H2,1H3,(H,24,29). The number of rotatable bonds is 9. The maximum absolute atomic E-state index is 12.6. The number of hydrogen-bond donors (Lipinski definition) is 1. The summed E-state index contributed by atoms with van der Waals surface area (Å²) in [6.45, 7) is 1.10. The zero-order valence-corrected chi connectivity index (χ0v) is 17.3. The summed E-state index contributed by atoms with van der Waals surface area (Å²) in [7, 11) is 1.82. The third-order valence-electron chi connectivity index (χ3n) is 6.03. The van der Waals surface area contributed by atoms with Crippen LogP contribution in [0.2, 0.25) is 0 Å². The van der Waals surface area contributed by atoms with E-state index in [-0.39, 0.29) is 29.8 Å². The van der Waals surface area contributed by atoms with Crippen LogP contribution in [0.25, 0.3) is 0 Å². The Morgan fingerprint density at radius 3 is 2.83 bits per heavy atom. The van der Waals surface area contributed by atoms with Crippen molar-refractivity contribution in [1.82, 2.24) is 20.1 Å². The van der Waals surface area contributed by atoms with Crippen LogP contribution in [0.5, 0.6) is 0 Å². The first kappa shape index (κ1) is 21.3. The second kappa shape index (κ2) is 10.4. The van der Waals surface area contributed by atoms with Gasteiger partial charge < -0.3 is 10.2 Å². The van der Waals surface area contributed by atoms with Gasteiger partial charge in [0.15, 0.2) is 0 Å². The Balaban J connectivity index is 1.32. The van der Waals surface area contributed by atoms with Crippen molar-refractivity contribution in [2.75, 3.05) is 20.1 Å². The molecule has 0 radical (unpaired) electrons. The van der Waals surface area contributed by atoms with Gasteiger partial charge >= 0.3 is 6.03 Å². The van der Waals surface area contributed by atoms with Gasteiger partial charge in [-0.3, -0.25) is 19.5 Å². The number of aromatic nitrogens is 1. The molecule has 7 heteroatoms. The van der Waals surface area contributed by atoms with E-state index in [4.69, 9.17) is 0 Å². The minimum Gasteiger partial charge on any atom is -0.345 e. The van der Waals surface area contributed by atoms with Crippen molar-refractivity contribution in [3.8, 4) is 0 Å². The smallest absolute Gasteiger partial charge is 0.324 e. The number of nitrogens with zero attached hydrogens (tertiary/aromatic N) is 3. The van der Waals surface area contributed by atoms with Crippen LogP contribution >= 0.6 is 0 Å². The first-order valence-corrected chi connectivity index (χ1v) is 10.8. The number of imide groups is 1. The van der Waals surface area contributed by atoms with E-state index in [2.05, 4.69) is 10.3 Å². The Kier molecular flexibility index (Phi) is 7.61. The van der Waals surface area contributed by atoms with Gasteiger partial charge in [0, 0.05) is 50.9 Å². The summed E-state index contributed by atoms with van der Waals surface area (Å²) in [6, 6.07) is 5.58. The van der Waals surface area contributed by atoms with E-state index in [9.17, 15) is 14.4 Å². The molecule has 7 nitrogen and oxygen atoms in total. The van der Waals surface area contributed by atoms with Gasteiger partial charge in [0.05, 0.1) is 5.92 Å². The molecule has 1 N–H and O–H groups in total. The van der Waals surface area contributed by atoms with Crippen molar-refractivity contribution in [3.05, 3.63) is 30.1 Å². The molecule has 2 atom stereocenters. The molecule has 158 valence electrons. The van der Waals surface area contributed by atoms with E-state index in [1.807, 2.05) is 25.2 Å². The van der Waals surface area contributed by atoms with E-state index >= 15 is 0 Å². The van der Waals surface area contributed by atoms with E-state index < -0.39 is 0 Å². The lowest BCUT2D eigenvalue weighted by Gasteiger charge is -2.40. The van der Waals surface area contributed by atoms with Gasteiger partial charge in [-0.25, -0.2) is 4.79 Å². The van der Waals surface area contributed by atoms with Crippen LogP contribution in [0, 0.1) is 5.92 Å². The molecule has 2 aliphatic rings. The van der Waals surface area contributed by atoms with Crippen LogP contribution in [-0.4, -0.2) is 58.8 Å². The highest BCUT2D eigenvalue weighted by Gasteiger charge is 2.41. The van der Waals surface area contributed by atoms with Crippen LogP contribution in [-0.2, 0) is 16.0 Å². The number of likely N-dealkylation sites (N-methyl/N-ethyl adjacent to an activating group) is 1. The summed E-state index contributed by atoms with van der Waals surface area (Å²) >= 11 is 0. The largest absolute Gasteiger partial charge is 0.345 e. The molecule has 1 aliphatic heterocycles. The fourth-order valence-corrected chi connectivity index (χ4v) is 4.21. The molecule has 2 unspecified atom stereocenters. The maximum Gasteiger partial charge on any atom is 0.324 e. The summed E-state index contributed by atoms with van der Waals surface area (Å²) < 4.78 is 0. The molecular weight excluding hydrogens is 368 g/mol. The molecule has 0 aromatic carbocycles. The molecule has 1 aromatic heterocycles. The van der Waals surface area contributed by atoms with Crippen molar-refractivity contribution >= 4 is 17.8 Å². The number of hydrogen-bond acceptors (Lipinski definition) is 4. The first-order chi connectivity index (χ1) is 14.1. The van der Waals surface area contributed by atoms with Gasteiger partial charge in [-0.15, -0.1) is 0 Å². The molecule has 1 saturated heterocycles. The fraction of sp³-hybridized carbons (Fsp3) is 0.636. The van der Waals surface area contributed by atoms with E-state index in [1.165, 1.54) is 4.90 Å². The highest BCUT2D eigenvalue weighted by molar-refractivity contribution is 5.98. The van der Waals surface area contributed by atoms with Crippen molar-refractivity contribution in [2.45, 2.75) is 63.8 Å². The monoisotopic (exact) mass is 400 g/mol. The lowest BCUT2D eigenvalue weighted by Crippen LogP contribution is -2.60. The molecule has 1 aromatic rings. The van der Waals surface area contributed by atoms with Crippen molar-refractivity contribution in [1.29, 1.82) is 0 Å². The zero-order chi connectivity index (χ0) is 20.6. The summed E-state index contributed by atoms with van der Waals surface area (Å²) in [5, 5.41) is 3.00. The summed E-state index contributed by atoms with van der Waals surface area (Å²) in [6.07, 6.45) is 9.26. The summed E-state index contributed by atoms with van der Waals surface area (Å²) in [5.74, 6) is 0.0670. The third-order valence-corrected chi connectivity index (χ3v) is 6.03. The molecule has 2 fully saturated rings. The normalized spacial score (nSPS) is 21.5. The van der Waals surface area contributed by atoms with Gasteiger partial charge in [0.2, 0.25) is 11.8 Å². The molecule has 29 heavy (non-hydrogen) atoms. The molecule has 4 amide bonds. The van der Waals surface area contributed by atoms with Gasteiger partial charge in [-0.1, -0.05) is 25.3 Å². The Bertz CT molecular complexity index is 709. The highest BCUT2D eigenvalue weighted by Crippen LogP contribution is 2.29. The Morgan fingerprint density at radius 2 is 2.03 bits per heavy atom. The number of amides is 4. The quantitative estimate of drug-likeness (QED) is 0.646. The maximum atomic E-state index is 12.6. The summed E-state index contributed by atoms with van der Waals surface area (Å²) in [5.41, 5.74) is 0.983. The number of carbonyl (C=O) groups is 3. The average Bonchev–Trinajstić information content (AvgIpc) is 2.74. The number of fused-ring (bicyclic) bond motifs is 1. The average molecular weight is 401 g/mol. The van der Waals surface area contributed by atoms with E-state index in [1.54, 1.807) is 11.1 Å². The Labute approximate surface area is 172 Å². The van der Waals surface area contributed by atoms with Crippen LogP contribution in [0.3, 0.4) is 0 Å². The Hall–Kier alpha value is -2.44. The summed E-state index contributed by atoms with van der Waals surface area (Å²) in [4.78, 5) is 44.5. The minimum atomic E-state index is -0.247. The van der Waals surface area contributed by atoms with Crippen LogP contribution in [0.4, 0.5) is 4.79 Å². The minimum absolute atomic E-state index is 0.0104. The van der Waals surface area contributed by atoms with Crippen LogP contribution in [0.1, 0.15) is 57.1 Å². The van der Waals surface area contributed by atoms with Crippen LogP contribution in [0.15, 0.2) is 24.4 Å². The van der Waals surface area contributed by atoms with Crippen molar-refractivity contribution in [2.24, 2.45) is 5.92 Å². The second-order valence-electron chi connectivity index (χ2n) is 8.13. The van der Waals surface area contributed by atoms with Crippen molar-refractivity contribution in [3.63, 3.8) is 0 Å². The van der Waals surface area contributed by atoms with Gasteiger partial charge in [-0.2, -0.15) is 0 Å². The predicted molar refractivity (Wildman–Crippen MR) is 110 cm³/mol. The van der Waals surface area contributed by atoms with E-state index in [0.717, 1.165) is 57.1 Å². The van der Waals surface area contributed by atoms with Crippen molar-refractivity contribution < 1.29 is 14.4 Å². The lowest BCUT2D eigenvalue weighted by molar-refractivity contribution is -0.136. The third kappa shape index (κ3) is 5.78. The number of pyridine rings is 1. The van der Waals surface area contributed by atoms with Gasteiger partial charge in [0.1, 0.15) is 0 Å². The zero-order valence-electron chi connectivity index (χ0n) is 17.3. The number of nitrogens with one attached hydrogen (secondary N) is 1. The number of unbranched alkanes of at least 4 members (excludes halogenated alkanes) is 2. The van der Waals surface area contributed by atoms with Crippen LogP contribution < -0.4 is 5.32 Å². The molecule has 2 heterocycles.